The molecule has 1 amide bonds. The predicted molar refractivity (Wildman–Crippen MR) is 105 cm³/mol. The number of nitrogens with zero attached hydrogens (tertiary/aromatic N) is 2. The number of terminal acetylenes is 1. The van der Waals surface area contributed by atoms with Gasteiger partial charge in [0.15, 0.2) is 11.4 Å². The first kappa shape index (κ1) is 22.1. The Morgan fingerprint density at radius 3 is 2.83 bits per heavy atom. The number of nitriles is 1. The second-order valence-corrected chi connectivity index (χ2v) is 7.27. The van der Waals surface area contributed by atoms with Gasteiger partial charge in [0.05, 0.1) is 12.2 Å². The molecule has 4 N–H and O–H groups in total. The number of aliphatic hydroxyl groups is 1. The van der Waals surface area contributed by atoms with E-state index >= 15 is 0 Å². The molecule has 3 unspecified atom stereocenters. The maximum Gasteiger partial charge on any atom is 0.276 e. The minimum atomic E-state index is -1.95. The van der Waals surface area contributed by atoms with E-state index in [0.717, 1.165) is 6.07 Å². The van der Waals surface area contributed by atoms with Crippen LogP contribution in [0.4, 0.5) is 10.1 Å². The van der Waals surface area contributed by atoms with Crippen LogP contribution >= 0.6 is 0 Å². The van der Waals surface area contributed by atoms with Crippen LogP contribution in [0.25, 0.3) is 0 Å². The van der Waals surface area contributed by atoms with Crippen LogP contribution < -0.4 is 15.2 Å². The minimum absolute atomic E-state index is 0.00373. The number of aryl methyl sites for hydroxylation is 1. The van der Waals surface area contributed by atoms with Gasteiger partial charge in [-0.15, -0.1) is 6.42 Å². The van der Waals surface area contributed by atoms with Gasteiger partial charge in [0.1, 0.15) is 33.9 Å². The molecule has 0 aliphatic heterocycles. The Kier molecular flexibility index (Phi) is 7.13. The number of carbonyl (C=O) groups is 1. The molecule has 0 saturated heterocycles. The third-order valence-corrected chi connectivity index (χ3v) is 4.80. The van der Waals surface area contributed by atoms with E-state index < -0.39 is 34.7 Å². The molecule has 152 valence electrons. The largest absolute Gasteiger partial charge is 0.489 e. The number of amides is 1. The summed E-state index contributed by atoms with van der Waals surface area (Å²) in [6.45, 7) is 1.59. The number of benzene rings is 1. The highest BCUT2D eigenvalue weighted by atomic mass is 32.2. The first-order chi connectivity index (χ1) is 13.7. The number of hydrogen-bond donors (Lipinski definition) is 3. The molecule has 0 radical (unpaired) electrons. The first-order valence-electron chi connectivity index (χ1n) is 8.33. The maximum absolute atomic E-state index is 13.5. The van der Waals surface area contributed by atoms with E-state index in [1.54, 1.807) is 13.0 Å². The van der Waals surface area contributed by atoms with Crippen molar-refractivity contribution in [2.75, 3.05) is 11.9 Å². The molecule has 1 aromatic heterocycles. The third kappa shape index (κ3) is 5.00. The van der Waals surface area contributed by atoms with Crippen LogP contribution in [0.3, 0.4) is 0 Å². The SMILES string of the molecule is C#CC(O)C(C)COc1c(S(N)=O)cn(C)c1C(=O)Nc1ccc(F)c(C#N)c1. The number of nitrogens with one attached hydrogen (secondary N) is 1. The molecule has 0 spiro atoms. The van der Waals surface area contributed by atoms with Crippen LogP contribution in [0, 0.1) is 35.4 Å². The lowest BCUT2D eigenvalue weighted by molar-refractivity contribution is 0.100. The molecular weight excluding hydrogens is 399 g/mol. The fourth-order valence-corrected chi connectivity index (χ4v) is 3.07. The number of halogens is 1. The summed E-state index contributed by atoms with van der Waals surface area (Å²) in [6, 6.07) is 5.22. The van der Waals surface area contributed by atoms with E-state index in [-0.39, 0.29) is 34.2 Å². The molecule has 0 saturated carbocycles. The van der Waals surface area contributed by atoms with Crippen LogP contribution in [0.2, 0.25) is 0 Å². The molecule has 1 heterocycles. The van der Waals surface area contributed by atoms with Gasteiger partial charge in [-0.3, -0.25) is 4.79 Å². The van der Waals surface area contributed by atoms with Gasteiger partial charge in [0.2, 0.25) is 0 Å². The number of hydrogen-bond acceptors (Lipinski definition) is 5. The monoisotopic (exact) mass is 418 g/mol. The van der Waals surface area contributed by atoms with Gasteiger partial charge in [-0.05, 0) is 18.2 Å². The molecule has 0 bridgehead atoms. The Bertz CT molecular complexity index is 1040. The lowest BCUT2D eigenvalue weighted by Gasteiger charge is -2.16. The van der Waals surface area contributed by atoms with Crippen LogP contribution in [-0.2, 0) is 18.0 Å². The smallest absolute Gasteiger partial charge is 0.276 e. The summed E-state index contributed by atoms with van der Waals surface area (Å²) in [5.41, 5.74) is -0.0392. The Morgan fingerprint density at radius 1 is 1.55 bits per heavy atom. The number of ether oxygens (including phenoxy) is 1. The topological polar surface area (TPSA) is 130 Å². The summed E-state index contributed by atoms with van der Waals surface area (Å²) >= 11 is 0. The van der Waals surface area contributed by atoms with E-state index in [1.807, 2.05) is 0 Å². The number of anilines is 1. The van der Waals surface area contributed by atoms with Gasteiger partial charge < -0.3 is 19.7 Å². The van der Waals surface area contributed by atoms with Crippen molar-refractivity contribution in [3.8, 4) is 24.2 Å². The fourth-order valence-electron chi connectivity index (χ4n) is 2.47. The van der Waals surface area contributed by atoms with E-state index in [2.05, 4.69) is 11.2 Å². The van der Waals surface area contributed by atoms with E-state index in [1.165, 1.54) is 29.9 Å². The number of nitrogens with two attached hydrogens (primary N) is 1. The molecule has 2 aromatic rings. The zero-order chi connectivity index (χ0) is 21.7. The van der Waals surface area contributed by atoms with Crippen molar-refractivity contribution >= 4 is 22.6 Å². The number of rotatable bonds is 7. The highest BCUT2D eigenvalue weighted by molar-refractivity contribution is 7.82. The fraction of sp³-hybridized carbons (Fsp3) is 0.263. The Labute approximate surface area is 169 Å². The minimum Gasteiger partial charge on any atom is -0.489 e. The summed E-state index contributed by atoms with van der Waals surface area (Å²) in [7, 11) is -0.419. The van der Waals surface area contributed by atoms with Crippen LogP contribution in [-0.4, -0.2) is 32.5 Å². The number of carbonyl (C=O) groups excluding carboxylic acids is 1. The van der Waals surface area contributed by atoms with Crippen molar-refractivity contribution in [2.45, 2.75) is 17.9 Å². The standard InChI is InChI=1S/C19H19FN4O4S/c1-4-15(25)11(2)10-28-18-16(29(22)27)9-24(3)17(18)19(26)23-13-5-6-14(20)12(7-13)8-21/h1,5-7,9,11,15,25H,10,22H2,2-3H3,(H,23,26). The van der Waals surface area contributed by atoms with E-state index in [0.29, 0.717) is 0 Å². The second-order valence-electron chi connectivity index (χ2n) is 6.24. The Morgan fingerprint density at radius 2 is 2.24 bits per heavy atom. The van der Waals surface area contributed by atoms with Crippen molar-refractivity contribution in [1.29, 1.82) is 5.26 Å². The summed E-state index contributed by atoms with van der Waals surface area (Å²) in [5.74, 6) is 0.322. The van der Waals surface area contributed by atoms with Crippen LogP contribution in [0.15, 0.2) is 29.3 Å². The zero-order valence-electron chi connectivity index (χ0n) is 15.7. The van der Waals surface area contributed by atoms with Gasteiger partial charge in [0, 0.05) is 24.8 Å². The van der Waals surface area contributed by atoms with Crippen LogP contribution in [0.1, 0.15) is 23.0 Å². The normalized spacial score (nSPS) is 13.6. The molecule has 1 aromatic carbocycles. The number of aliphatic hydroxyl groups excluding tert-OH is 1. The first-order valence-corrected chi connectivity index (χ1v) is 9.54. The Balaban J connectivity index is 2.36. The van der Waals surface area contributed by atoms with Crippen molar-refractivity contribution in [1.82, 2.24) is 4.57 Å². The summed E-state index contributed by atoms with van der Waals surface area (Å²) < 4.78 is 32.4. The highest BCUT2D eigenvalue weighted by Gasteiger charge is 2.26. The average molecular weight is 418 g/mol. The number of aromatic nitrogens is 1. The quantitative estimate of drug-likeness (QED) is 0.583. The zero-order valence-corrected chi connectivity index (χ0v) is 16.5. The molecule has 0 aliphatic carbocycles. The van der Waals surface area contributed by atoms with Crippen molar-refractivity contribution < 1.29 is 23.2 Å². The summed E-state index contributed by atoms with van der Waals surface area (Å²) in [5, 5.41) is 26.6. The molecule has 2 rings (SSSR count). The van der Waals surface area contributed by atoms with Gasteiger partial charge in [-0.25, -0.2) is 13.7 Å². The second kappa shape index (κ2) is 9.34. The van der Waals surface area contributed by atoms with Gasteiger partial charge >= 0.3 is 0 Å². The molecule has 0 aliphatic rings. The maximum atomic E-state index is 13.5. The lowest BCUT2D eigenvalue weighted by Crippen LogP contribution is -2.23. The molecule has 3 atom stereocenters. The predicted octanol–water partition coefficient (Wildman–Crippen LogP) is 1.28. The average Bonchev–Trinajstić information content (AvgIpc) is 3.03. The van der Waals surface area contributed by atoms with Crippen LogP contribution in [0.5, 0.6) is 5.75 Å². The van der Waals surface area contributed by atoms with Crippen molar-refractivity contribution in [3.05, 3.63) is 41.5 Å². The Hall–Kier alpha value is -3.18. The van der Waals surface area contributed by atoms with E-state index in [4.69, 9.17) is 21.6 Å². The van der Waals surface area contributed by atoms with Crippen molar-refractivity contribution in [2.24, 2.45) is 18.1 Å². The lowest BCUT2D eigenvalue weighted by atomic mass is 10.1. The molecule has 29 heavy (non-hydrogen) atoms. The summed E-state index contributed by atoms with van der Waals surface area (Å²) in [6.07, 6.45) is 5.50. The third-order valence-electron chi connectivity index (χ3n) is 4.08. The molecule has 8 nitrogen and oxygen atoms in total. The molecule has 10 heteroatoms. The van der Waals surface area contributed by atoms with Gasteiger partial charge in [0.25, 0.3) is 5.91 Å². The van der Waals surface area contributed by atoms with Crippen molar-refractivity contribution in [3.63, 3.8) is 0 Å². The summed E-state index contributed by atoms with van der Waals surface area (Å²) in [4.78, 5) is 12.9. The molecular formula is C19H19FN4O4S. The van der Waals surface area contributed by atoms with Gasteiger partial charge in [-0.2, -0.15) is 5.26 Å². The molecule has 0 fully saturated rings. The van der Waals surface area contributed by atoms with Gasteiger partial charge in [-0.1, -0.05) is 12.8 Å². The highest BCUT2D eigenvalue weighted by Crippen LogP contribution is 2.29. The van der Waals surface area contributed by atoms with E-state index in [9.17, 15) is 18.5 Å².